The molecule has 3 amide bonds. The van der Waals surface area contributed by atoms with E-state index in [1.54, 1.807) is 13.8 Å². The average molecular weight is 542 g/mol. The molecular weight excluding hydrogens is 514 g/mol. The number of nitrogens with zero attached hydrogens (tertiary/aromatic N) is 2. The number of hydrogen-bond donors (Lipinski definition) is 1. The van der Waals surface area contributed by atoms with Crippen LogP contribution < -0.4 is 10.2 Å². The SMILES string of the molecule is C[C@]12O[C@](C)(C[C@H]1NC(=O)OCC[Si](C)(C)C)[C@H]1C(=O)N(c3ccc(C#N)c(C(F)(F)F)c3F)C(=O)[C@H]12. The van der Waals surface area contributed by atoms with E-state index in [0.717, 1.165) is 18.2 Å². The number of nitriles is 1. The summed E-state index contributed by atoms with van der Waals surface area (Å²) in [5.74, 6) is -5.96. The fourth-order valence-electron chi connectivity index (χ4n) is 5.73. The maximum absolute atomic E-state index is 15.1. The molecule has 0 saturated carbocycles. The molecule has 13 heteroatoms. The number of ether oxygens (including phenoxy) is 2. The van der Waals surface area contributed by atoms with Crippen LogP contribution in [0.3, 0.4) is 0 Å². The first kappa shape index (κ1) is 27.1. The molecule has 200 valence electrons. The Kier molecular flexibility index (Phi) is 6.23. The standard InChI is InChI=1S/C24H27F4N3O5Si/c1-22-10-14(30-21(34)35-8-9-37(3,4)5)23(2,36-22)17-16(22)19(32)31(20(17)33)13-7-6-12(11-29)15(18(13)25)24(26,27)28/h6-7,14,16-17H,8-10H2,1-5H3,(H,30,34)/t14-,16-,17+,22-,23+/m1/s1. The predicted octanol–water partition coefficient (Wildman–Crippen LogP) is 4.21. The summed E-state index contributed by atoms with van der Waals surface area (Å²) in [4.78, 5) is 39.7. The van der Waals surface area contributed by atoms with Crippen LogP contribution in [0.5, 0.6) is 0 Å². The van der Waals surface area contributed by atoms with E-state index in [4.69, 9.17) is 14.7 Å². The van der Waals surface area contributed by atoms with Crippen LogP contribution in [0.2, 0.25) is 25.7 Å². The topological polar surface area (TPSA) is 109 Å². The summed E-state index contributed by atoms with van der Waals surface area (Å²) in [5, 5.41) is 11.7. The fraction of sp³-hybridized carbons (Fsp3) is 0.583. The van der Waals surface area contributed by atoms with E-state index in [1.807, 2.05) is 0 Å². The first-order valence-electron chi connectivity index (χ1n) is 11.8. The van der Waals surface area contributed by atoms with Crippen LogP contribution >= 0.6 is 0 Å². The van der Waals surface area contributed by atoms with Crippen molar-refractivity contribution in [2.45, 2.75) is 69.4 Å². The van der Waals surface area contributed by atoms with Gasteiger partial charge in [0, 0.05) is 14.5 Å². The molecule has 4 rings (SSSR count). The zero-order chi connectivity index (χ0) is 27.7. The van der Waals surface area contributed by atoms with Gasteiger partial charge in [0.05, 0.1) is 53.0 Å². The van der Waals surface area contributed by atoms with Gasteiger partial charge >= 0.3 is 12.3 Å². The van der Waals surface area contributed by atoms with Crippen LogP contribution in [-0.4, -0.2) is 49.8 Å². The van der Waals surface area contributed by atoms with Crippen LogP contribution in [0.15, 0.2) is 12.1 Å². The maximum Gasteiger partial charge on any atom is 0.420 e. The number of nitrogens with one attached hydrogen (secondary N) is 1. The number of fused-ring (bicyclic) bond motifs is 5. The van der Waals surface area contributed by atoms with Gasteiger partial charge in [-0.2, -0.15) is 18.4 Å². The highest BCUT2D eigenvalue weighted by Crippen LogP contribution is 2.61. The summed E-state index contributed by atoms with van der Waals surface area (Å²) in [6, 6.07) is 2.85. The Hall–Kier alpha value is -2.98. The molecule has 3 fully saturated rings. The van der Waals surface area contributed by atoms with E-state index in [1.165, 1.54) is 6.07 Å². The molecule has 0 aliphatic carbocycles. The van der Waals surface area contributed by atoms with Gasteiger partial charge in [-0.05, 0) is 32.0 Å². The highest BCUT2D eigenvalue weighted by atomic mass is 28.3. The molecule has 8 nitrogen and oxygen atoms in total. The van der Waals surface area contributed by atoms with E-state index < -0.39 is 83.9 Å². The second-order valence-corrected chi connectivity index (χ2v) is 17.0. The van der Waals surface area contributed by atoms with E-state index in [0.29, 0.717) is 4.90 Å². The Morgan fingerprint density at radius 1 is 1.24 bits per heavy atom. The normalized spacial score (nSPS) is 30.9. The number of anilines is 1. The summed E-state index contributed by atoms with van der Waals surface area (Å²) < 4.78 is 67.1. The van der Waals surface area contributed by atoms with Crippen molar-refractivity contribution in [2.75, 3.05) is 11.5 Å². The monoisotopic (exact) mass is 541 g/mol. The van der Waals surface area contributed by atoms with Gasteiger partial charge in [-0.15, -0.1) is 0 Å². The van der Waals surface area contributed by atoms with E-state index in [-0.39, 0.29) is 13.0 Å². The molecule has 0 radical (unpaired) electrons. The molecule has 0 unspecified atom stereocenters. The van der Waals surface area contributed by atoms with Crippen molar-refractivity contribution >= 4 is 31.7 Å². The van der Waals surface area contributed by atoms with Crippen molar-refractivity contribution in [3.05, 3.63) is 29.1 Å². The molecule has 0 aromatic heterocycles. The van der Waals surface area contributed by atoms with E-state index >= 15 is 4.39 Å². The van der Waals surface area contributed by atoms with Crippen molar-refractivity contribution in [2.24, 2.45) is 11.8 Å². The number of halogens is 4. The molecule has 5 atom stereocenters. The van der Waals surface area contributed by atoms with E-state index in [9.17, 15) is 27.6 Å². The quantitative estimate of drug-likeness (QED) is 0.340. The van der Waals surface area contributed by atoms with Gasteiger partial charge in [-0.3, -0.25) is 9.59 Å². The Labute approximate surface area is 211 Å². The fourth-order valence-corrected chi connectivity index (χ4v) is 6.44. The number of alkyl halides is 3. The smallest absolute Gasteiger partial charge is 0.420 e. The molecule has 3 saturated heterocycles. The number of benzene rings is 1. The molecule has 1 aromatic carbocycles. The summed E-state index contributed by atoms with van der Waals surface area (Å²) in [6.07, 6.45) is -5.79. The van der Waals surface area contributed by atoms with Crippen molar-refractivity contribution in [1.82, 2.24) is 5.32 Å². The summed E-state index contributed by atoms with van der Waals surface area (Å²) in [7, 11) is -1.45. The number of amides is 3. The van der Waals surface area contributed by atoms with Crippen molar-refractivity contribution in [3.8, 4) is 6.07 Å². The number of imide groups is 1. The van der Waals surface area contributed by atoms with Crippen LogP contribution in [0, 0.1) is 29.0 Å². The Bertz CT molecular complexity index is 1230. The first-order valence-corrected chi connectivity index (χ1v) is 15.5. The number of carbonyl (C=O) groups is 3. The predicted molar refractivity (Wildman–Crippen MR) is 125 cm³/mol. The minimum Gasteiger partial charge on any atom is -0.450 e. The van der Waals surface area contributed by atoms with Crippen LogP contribution in [0.25, 0.3) is 0 Å². The van der Waals surface area contributed by atoms with Gasteiger partial charge in [0.1, 0.15) is 5.56 Å². The van der Waals surface area contributed by atoms with Gasteiger partial charge in [-0.1, -0.05) is 19.6 Å². The molecule has 0 spiro atoms. The van der Waals surface area contributed by atoms with Crippen LogP contribution in [-0.2, 0) is 25.2 Å². The lowest BCUT2D eigenvalue weighted by Crippen LogP contribution is -2.56. The number of carbonyl (C=O) groups excluding carboxylic acids is 3. The third-order valence-electron chi connectivity index (χ3n) is 7.48. The van der Waals surface area contributed by atoms with Crippen molar-refractivity contribution in [1.29, 1.82) is 5.26 Å². The minimum atomic E-state index is -5.22. The number of hydrogen-bond acceptors (Lipinski definition) is 6. The van der Waals surface area contributed by atoms with Gasteiger partial charge in [0.25, 0.3) is 0 Å². The summed E-state index contributed by atoms with van der Waals surface area (Å²) in [6.45, 7) is 9.73. The van der Waals surface area contributed by atoms with Gasteiger partial charge < -0.3 is 14.8 Å². The molecule has 1 aromatic rings. The molecular formula is C24H27F4N3O5Si. The highest BCUT2D eigenvalue weighted by Gasteiger charge is 2.76. The largest absolute Gasteiger partial charge is 0.450 e. The second kappa shape index (κ2) is 8.52. The van der Waals surface area contributed by atoms with E-state index in [2.05, 4.69) is 25.0 Å². The van der Waals surface area contributed by atoms with Crippen LogP contribution in [0.4, 0.5) is 28.0 Å². The molecule has 3 heterocycles. The zero-order valence-electron chi connectivity index (χ0n) is 21.0. The average Bonchev–Trinajstić information content (AvgIpc) is 3.26. The maximum atomic E-state index is 15.1. The third kappa shape index (κ3) is 4.29. The Morgan fingerprint density at radius 3 is 2.43 bits per heavy atom. The Balaban J connectivity index is 1.63. The number of rotatable bonds is 5. The minimum absolute atomic E-state index is 0.143. The second-order valence-electron chi connectivity index (χ2n) is 11.3. The van der Waals surface area contributed by atoms with Crippen molar-refractivity contribution < 1.29 is 41.4 Å². The first-order chi connectivity index (χ1) is 16.9. The lowest BCUT2D eigenvalue weighted by molar-refractivity contribution is -0.140. The third-order valence-corrected chi connectivity index (χ3v) is 9.18. The van der Waals surface area contributed by atoms with Gasteiger partial charge in [-0.25, -0.2) is 14.1 Å². The summed E-state index contributed by atoms with van der Waals surface area (Å²) >= 11 is 0. The molecule has 1 N–H and O–H groups in total. The lowest BCUT2D eigenvalue weighted by atomic mass is 9.66. The number of alkyl carbamates (subject to hydrolysis) is 1. The molecule has 2 bridgehead atoms. The van der Waals surface area contributed by atoms with Crippen molar-refractivity contribution in [3.63, 3.8) is 0 Å². The Morgan fingerprint density at radius 2 is 1.86 bits per heavy atom. The highest BCUT2D eigenvalue weighted by molar-refractivity contribution is 6.76. The molecule has 3 aliphatic rings. The molecule has 3 aliphatic heterocycles. The van der Waals surface area contributed by atoms with Gasteiger partial charge in [0.2, 0.25) is 11.8 Å². The van der Waals surface area contributed by atoms with Crippen LogP contribution in [0.1, 0.15) is 31.4 Å². The molecule has 37 heavy (non-hydrogen) atoms. The zero-order valence-corrected chi connectivity index (χ0v) is 22.0. The lowest BCUT2D eigenvalue weighted by Gasteiger charge is -2.35. The van der Waals surface area contributed by atoms with Gasteiger partial charge in [0.15, 0.2) is 5.82 Å². The summed E-state index contributed by atoms with van der Waals surface area (Å²) in [5.41, 5.74) is -6.30.